The lowest BCUT2D eigenvalue weighted by molar-refractivity contribution is -0.0886. The van der Waals surface area contributed by atoms with Gasteiger partial charge in [0.15, 0.2) is 0 Å². The summed E-state index contributed by atoms with van der Waals surface area (Å²) >= 11 is 0. The van der Waals surface area contributed by atoms with Gasteiger partial charge in [0.1, 0.15) is 11.5 Å². The van der Waals surface area contributed by atoms with Gasteiger partial charge in [-0.2, -0.15) is 13.2 Å². The summed E-state index contributed by atoms with van der Waals surface area (Å²) in [6.45, 7) is 2.19. The minimum absolute atomic E-state index is 0.259. The third-order valence-corrected chi connectivity index (χ3v) is 4.50. The van der Waals surface area contributed by atoms with Crippen LogP contribution < -0.4 is 0 Å². The smallest absolute Gasteiger partial charge is 0.455 e. The Morgan fingerprint density at radius 1 is 0.846 bits per heavy atom. The molecule has 2 N–H and O–H groups in total. The van der Waals surface area contributed by atoms with Crippen LogP contribution in [0.4, 0.5) is 13.2 Å². The number of rotatable bonds is 12. The fraction of sp³-hybridized carbons (Fsp3) is 0.650. The Balaban J connectivity index is 2.40. The number of halogens is 3. The Morgan fingerprint density at radius 2 is 1.35 bits per heavy atom. The van der Waals surface area contributed by atoms with Gasteiger partial charge in [0, 0.05) is 6.07 Å². The number of phenols is 2. The van der Waals surface area contributed by atoms with E-state index in [1.54, 1.807) is 0 Å². The SMILES string of the molecule is CCCCCCCCCCCCc1cc(C(=O)C(F)(F)F)c(O)cc1O. The van der Waals surface area contributed by atoms with Gasteiger partial charge in [-0.25, -0.2) is 0 Å². The second-order valence-corrected chi connectivity index (χ2v) is 6.76. The maximum absolute atomic E-state index is 12.5. The third-order valence-electron chi connectivity index (χ3n) is 4.50. The van der Waals surface area contributed by atoms with Crippen molar-refractivity contribution < 1.29 is 28.2 Å². The van der Waals surface area contributed by atoms with Crippen LogP contribution in [0, 0.1) is 0 Å². The summed E-state index contributed by atoms with van der Waals surface area (Å²) in [5, 5.41) is 19.3. The second-order valence-electron chi connectivity index (χ2n) is 6.76. The molecule has 0 heterocycles. The Bertz CT molecular complexity index is 568. The summed E-state index contributed by atoms with van der Waals surface area (Å²) in [5.41, 5.74) is -0.549. The molecule has 0 aliphatic heterocycles. The predicted octanol–water partition coefficient (Wildman–Crippen LogP) is 6.31. The monoisotopic (exact) mass is 374 g/mol. The Labute approximate surface area is 153 Å². The van der Waals surface area contributed by atoms with Crippen LogP contribution in [0.25, 0.3) is 0 Å². The second kappa shape index (κ2) is 11.1. The van der Waals surface area contributed by atoms with E-state index < -0.39 is 23.3 Å². The highest BCUT2D eigenvalue weighted by molar-refractivity contribution is 6.02. The molecule has 3 nitrogen and oxygen atoms in total. The summed E-state index contributed by atoms with van der Waals surface area (Å²) in [6, 6.07) is 1.76. The van der Waals surface area contributed by atoms with Gasteiger partial charge in [-0.3, -0.25) is 4.79 Å². The largest absolute Gasteiger partial charge is 0.508 e. The maximum atomic E-state index is 12.5. The van der Waals surface area contributed by atoms with Gasteiger partial charge in [-0.1, -0.05) is 64.7 Å². The number of carbonyl (C=O) groups excluding carboxylic acids is 1. The predicted molar refractivity (Wildman–Crippen MR) is 95.7 cm³/mol. The molecule has 0 amide bonds. The van der Waals surface area contributed by atoms with Crippen LogP contribution in [0.1, 0.15) is 87.1 Å². The van der Waals surface area contributed by atoms with Gasteiger partial charge in [0.05, 0.1) is 5.56 Å². The molecule has 0 saturated heterocycles. The van der Waals surface area contributed by atoms with E-state index in [-0.39, 0.29) is 11.3 Å². The molecule has 0 bridgehead atoms. The lowest BCUT2D eigenvalue weighted by atomic mass is 9.99. The molecule has 148 valence electrons. The average molecular weight is 374 g/mol. The fourth-order valence-electron chi connectivity index (χ4n) is 2.96. The number of benzene rings is 1. The molecular formula is C20H29F3O3. The molecule has 1 aromatic carbocycles. The van der Waals surface area contributed by atoms with E-state index in [9.17, 15) is 28.2 Å². The minimum atomic E-state index is -5.05. The van der Waals surface area contributed by atoms with Crippen molar-refractivity contribution >= 4 is 5.78 Å². The van der Waals surface area contributed by atoms with Gasteiger partial charge in [-0.05, 0) is 24.5 Å². The standard InChI is InChI=1S/C20H29F3O3/c1-2-3-4-5-6-7-8-9-10-11-12-15-13-16(18(25)14-17(15)24)19(26)20(21,22)23/h13-14,24-25H,2-12H2,1H3. The van der Waals surface area contributed by atoms with Crippen LogP contribution in [-0.4, -0.2) is 22.2 Å². The molecule has 0 aliphatic rings. The number of carbonyl (C=O) groups is 1. The number of aryl methyl sites for hydroxylation is 1. The van der Waals surface area contributed by atoms with E-state index in [0.717, 1.165) is 31.4 Å². The lowest BCUT2D eigenvalue weighted by Gasteiger charge is -2.11. The lowest BCUT2D eigenvalue weighted by Crippen LogP contribution is -2.23. The molecule has 0 aromatic heterocycles. The van der Waals surface area contributed by atoms with Crippen molar-refractivity contribution in [1.29, 1.82) is 0 Å². The number of phenolic OH excluding ortho intramolecular Hbond substituents is 2. The van der Waals surface area contributed by atoms with E-state index in [0.29, 0.717) is 12.8 Å². The zero-order valence-electron chi connectivity index (χ0n) is 15.4. The van der Waals surface area contributed by atoms with Crippen molar-refractivity contribution in [2.75, 3.05) is 0 Å². The molecule has 6 heteroatoms. The molecule has 26 heavy (non-hydrogen) atoms. The zero-order chi connectivity index (χ0) is 19.6. The third kappa shape index (κ3) is 7.67. The van der Waals surface area contributed by atoms with Crippen LogP contribution in [0.3, 0.4) is 0 Å². The van der Waals surface area contributed by atoms with Crippen molar-refractivity contribution in [1.82, 2.24) is 0 Å². The summed E-state index contributed by atoms with van der Waals surface area (Å²) < 4.78 is 37.6. The normalized spacial score (nSPS) is 11.7. The van der Waals surface area contributed by atoms with Crippen LogP contribution in [0.5, 0.6) is 11.5 Å². The summed E-state index contributed by atoms with van der Waals surface area (Å²) in [4.78, 5) is 11.3. The first kappa shape index (κ1) is 22.3. The minimum Gasteiger partial charge on any atom is -0.508 e. The number of ketones is 1. The quantitative estimate of drug-likeness (QED) is 0.333. The van der Waals surface area contributed by atoms with Gasteiger partial charge in [0.2, 0.25) is 0 Å². The maximum Gasteiger partial charge on any atom is 0.455 e. The Kier molecular flexibility index (Phi) is 9.52. The molecule has 0 aliphatic carbocycles. The van der Waals surface area contributed by atoms with E-state index in [1.165, 1.54) is 38.5 Å². The molecular weight excluding hydrogens is 345 g/mol. The van der Waals surface area contributed by atoms with E-state index in [4.69, 9.17) is 0 Å². The van der Waals surface area contributed by atoms with Crippen LogP contribution >= 0.6 is 0 Å². The first-order valence-corrected chi connectivity index (χ1v) is 9.43. The first-order valence-electron chi connectivity index (χ1n) is 9.43. The molecule has 0 fully saturated rings. The van der Waals surface area contributed by atoms with Gasteiger partial charge in [-0.15, -0.1) is 0 Å². The molecule has 1 rings (SSSR count). The average Bonchev–Trinajstić information content (AvgIpc) is 2.56. The van der Waals surface area contributed by atoms with Crippen LogP contribution in [-0.2, 0) is 6.42 Å². The van der Waals surface area contributed by atoms with E-state index >= 15 is 0 Å². The van der Waals surface area contributed by atoms with Gasteiger partial charge in [0.25, 0.3) is 5.78 Å². The summed E-state index contributed by atoms with van der Waals surface area (Å²) in [6.07, 6.45) is 6.64. The fourth-order valence-corrected chi connectivity index (χ4v) is 2.96. The van der Waals surface area contributed by atoms with Crippen LogP contribution in [0.2, 0.25) is 0 Å². The van der Waals surface area contributed by atoms with Crippen molar-refractivity contribution in [3.63, 3.8) is 0 Å². The van der Waals surface area contributed by atoms with Crippen molar-refractivity contribution in [3.8, 4) is 11.5 Å². The number of Topliss-reactive ketones (excluding diaryl/α,β-unsaturated/α-hetero) is 1. The van der Waals surface area contributed by atoms with Crippen molar-refractivity contribution in [2.24, 2.45) is 0 Å². The van der Waals surface area contributed by atoms with Gasteiger partial charge >= 0.3 is 6.18 Å². The van der Waals surface area contributed by atoms with E-state index in [1.807, 2.05) is 0 Å². The number of hydrogen-bond donors (Lipinski definition) is 2. The molecule has 0 radical (unpaired) electrons. The van der Waals surface area contributed by atoms with Crippen LogP contribution in [0.15, 0.2) is 12.1 Å². The Morgan fingerprint density at radius 3 is 1.85 bits per heavy atom. The number of hydrogen-bond acceptors (Lipinski definition) is 3. The first-order chi connectivity index (χ1) is 12.3. The Hall–Kier alpha value is -1.72. The molecule has 0 atom stereocenters. The van der Waals surface area contributed by atoms with Crippen molar-refractivity contribution in [3.05, 3.63) is 23.3 Å². The molecule has 0 saturated carbocycles. The highest BCUT2D eigenvalue weighted by atomic mass is 19.4. The van der Waals surface area contributed by atoms with Gasteiger partial charge < -0.3 is 10.2 Å². The number of unbranched alkanes of at least 4 members (excludes halogenated alkanes) is 9. The number of aromatic hydroxyl groups is 2. The number of alkyl halides is 3. The highest BCUT2D eigenvalue weighted by Crippen LogP contribution is 2.33. The topological polar surface area (TPSA) is 57.5 Å². The molecule has 0 spiro atoms. The molecule has 1 aromatic rings. The van der Waals surface area contributed by atoms with E-state index in [2.05, 4.69) is 6.92 Å². The summed E-state index contributed by atoms with van der Waals surface area (Å²) in [5.74, 6) is -3.23. The highest BCUT2D eigenvalue weighted by Gasteiger charge is 2.41. The zero-order valence-corrected chi connectivity index (χ0v) is 15.4. The molecule has 0 unspecified atom stereocenters. The van der Waals surface area contributed by atoms with Crippen molar-refractivity contribution in [2.45, 2.75) is 83.7 Å². The summed E-state index contributed by atoms with van der Waals surface area (Å²) in [7, 11) is 0.